The first kappa shape index (κ1) is 15.9. The number of hydrogen-bond acceptors (Lipinski definition) is 1. The summed E-state index contributed by atoms with van der Waals surface area (Å²) in [4.78, 5) is 0. The standard InChI is InChI=1S/C16H15ClF3N/c1-2-21-16(7-10-4-3-5-11(17)6-10)12-8-14(19)15(20)9-13(12)18/h3-6,8-9,16,21H,2,7H2,1H3. The fraction of sp³-hybridized carbons (Fsp3) is 0.250. The SMILES string of the molecule is CCNC(Cc1cccc(Cl)c1)c1cc(F)c(F)cc1F. The highest BCUT2D eigenvalue weighted by atomic mass is 35.5. The summed E-state index contributed by atoms with van der Waals surface area (Å²) in [5.74, 6) is -3.00. The van der Waals surface area contributed by atoms with Crippen molar-refractivity contribution in [2.75, 3.05) is 6.54 Å². The molecule has 0 aliphatic rings. The Balaban J connectivity index is 2.33. The summed E-state index contributed by atoms with van der Waals surface area (Å²) in [6, 6.07) is 8.18. The zero-order valence-corrected chi connectivity index (χ0v) is 12.2. The topological polar surface area (TPSA) is 12.0 Å². The van der Waals surface area contributed by atoms with E-state index in [1.807, 2.05) is 13.0 Å². The van der Waals surface area contributed by atoms with Gasteiger partial charge in [0, 0.05) is 22.7 Å². The highest BCUT2D eigenvalue weighted by molar-refractivity contribution is 6.30. The van der Waals surface area contributed by atoms with Crippen LogP contribution in [0.25, 0.3) is 0 Å². The molecule has 0 amide bonds. The van der Waals surface area contributed by atoms with Crippen LogP contribution in [-0.2, 0) is 6.42 Å². The number of halogens is 4. The number of nitrogens with one attached hydrogen (secondary N) is 1. The van der Waals surface area contributed by atoms with Crippen LogP contribution in [0.2, 0.25) is 5.02 Å². The van der Waals surface area contributed by atoms with Gasteiger partial charge in [-0.15, -0.1) is 0 Å². The van der Waals surface area contributed by atoms with Gasteiger partial charge in [0.15, 0.2) is 11.6 Å². The summed E-state index contributed by atoms with van der Waals surface area (Å²) in [6.45, 7) is 2.44. The molecule has 0 aliphatic carbocycles. The Bertz CT molecular complexity index is 631. The zero-order valence-electron chi connectivity index (χ0n) is 11.5. The predicted octanol–water partition coefficient (Wildman–Crippen LogP) is 4.65. The molecule has 0 saturated heterocycles. The molecule has 0 spiro atoms. The highest BCUT2D eigenvalue weighted by Crippen LogP contribution is 2.24. The van der Waals surface area contributed by atoms with Gasteiger partial charge in [0.2, 0.25) is 0 Å². The maximum atomic E-state index is 13.9. The molecule has 2 rings (SSSR count). The second-order valence-corrected chi connectivity index (χ2v) is 5.17. The van der Waals surface area contributed by atoms with E-state index >= 15 is 0 Å². The highest BCUT2D eigenvalue weighted by Gasteiger charge is 2.18. The van der Waals surface area contributed by atoms with Gasteiger partial charge in [-0.1, -0.05) is 30.7 Å². The Hall–Kier alpha value is -1.52. The first-order chi connectivity index (χ1) is 10.0. The second-order valence-electron chi connectivity index (χ2n) is 4.73. The molecule has 1 atom stereocenters. The molecule has 0 bridgehead atoms. The monoisotopic (exact) mass is 313 g/mol. The van der Waals surface area contributed by atoms with Gasteiger partial charge in [0.25, 0.3) is 0 Å². The van der Waals surface area contributed by atoms with E-state index in [2.05, 4.69) is 5.32 Å². The van der Waals surface area contributed by atoms with Gasteiger partial charge in [-0.25, -0.2) is 13.2 Å². The van der Waals surface area contributed by atoms with E-state index in [0.29, 0.717) is 24.1 Å². The van der Waals surface area contributed by atoms with Gasteiger partial charge in [-0.3, -0.25) is 0 Å². The Kier molecular flexibility index (Phi) is 5.26. The normalized spacial score (nSPS) is 12.4. The Labute approximate surface area is 126 Å². The van der Waals surface area contributed by atoms with Crippen LogP contribution >= 0.6 is 11.6 Å². The Morgan fingerprint density at radius 1 is 1.05 bits per heavy atom. The summed E-state index contributed by atoms with van der Waals surface area (Å²) in [6.07, 6.45) is 0.427. The molecular weight excluding hydrogens is 299 g/mol. The minimum Gasteiger partial charge on any atom is -0.310 e. The van der Waals surface area contributed by atoms with Crippen molar-refractivity contribution in [1.29, 1.82) is 0 Å². The van der Waals surface area contributed by atoms with Gasteiger partial charge in [0.05, 0.1) is 0 Å². The quantitative estimate of drug-likeness (QED) is 0.792. The third-order valence-corrected chi connectivity index (χ3v) is 3.43. The molecule has 1 unspecified atom stereocenters. The number of benzene rings is 2. The maximum Gasteiger partial charge on any atom is 0.161 e. The molecule has 5 heteroatoms. The van der Waals surface area contributed by atoms with Gasteiger partial charge in [0.1, 0.15) is 5.82 Å². The number of rotatable bonds is 5. The Morgan fingerprint density at radius 3 is 2.43 bits per heavy atom. The largest absolute Gasteiger partial charge is 0.310 e. The van der Waals surface area contributed by atoms with Crippen LogP contribution in [0.4, 0.5) is 13.2 Å². The van der Waals surface area contributed by atoms with Gasteiger partial charge >= 0.3 is 0 Å². The van der Waals surface area contributed by atoms with Crippen molar-refractivity contribution in [3.8, 4) is 0 Å². The van der Waals surface area contributed by atoms with Crippen molar-refractivity contribution in [3.05, 3.63) is 70.0 Å². The molecule has 112 valence electrons. The molecule has 21 heavy (non-hydrogen) atoms. The zero-order chi connectivity index (χ0) is 15.4. The summed E-state index contributed by atoms with van der Waals surface area (Å²) in [5, 5.41) is 3.66. The lowest BCUT2D eigenvalue weighted by Crippen LogP contribution is -2.24. The third-order valence-electron chi connectivity index (χ3n) is 3.19. The van der Waals surface area contributed by atoms with Crippen molar-refractivity contribution >= 4 is 11.6 Å². The van der Waals surface area contributed by atoms with Crippen LogP contribution in [0.5, 0.6) is 0 Å². The lowest BCUT2D eigenvalue weighted by Gasteiger charge is -2.19. The fourth-order valence-corrected chi connectivity index (χ4v) is 2.46. The van der Waals surface area contributed by atoms with Crippen molar-refractivity contribution in [2.24, 2.45) is 0 Å². The molecule has 0 radical (unpaired) electrons. The molecule has 2 aromatic rings. The average Bonchev–Trinajstić information content (AvgIpc) is 2.42. The summed E-state index contributed by atoms with van der Waals surface area (Å²) in [5.41, 5.74) is 0.994. The van der Waals surface area contributed by atoms with Crippen molar-refractivity contribution in [1.82, 2.24) is 5.32 Å². The Morgan fingerprint density at radius 2 is 1.76 bits per heavy atom. The van der Waals surface area contributed by atoms with Crippen molar-refractivity contribution < 1.29 is 13.2 Å². The molecule has 0 heterocycles. The molecule has 0 aliphatic heterocycles. The predicted molar refractivity (Wildman–Crippen MR) is 77.9 cm³/mol. The van der Waals surface area contributed by atoms with Crippen LogP contribution < -0.4 is 5.32 Å². The fourth-order valence-electron chi connectivity index (χ4n) is 2.24. The molecule has 0 fully saturated rings. The van der Waals surface area contributed by atoms with Gasteiger partial charge in [-0.05, 0) is 36.7 Å². The molecule has 1 N–H and O–H groups in total. The van der Waals surface area contributed by atoms with E-state index in [0.717, 1.165) is 11.6 Å². The van der Waals surface area contributed by atoms with E-state index in [9.17, 15) is 13.2 Å². The van der Waals surface area contributed by atoms with Gasteiger partial charge in [-0.2, -0.15) is 0 Å². The molecular formula is C16H15ClF3N. The van der Waals surface area contributed by atoms with Crippen LogP contribution in [0, 0.1) is 17.5 Å². The number of likely N-dealkylation sites (N-methyl/N-ethyl adjacent to an activating group) is 1. The molecule has 0 aromatic heterocycles. The minimum atomic E-state index is -1.19. The van der Waals surface area contributed by atoms with E-state index in [-0.39, 0.29) is 5.56 Å². The summed E-state index contributed by atoms with van der Waals surface area (Å²) in [7, 11) is 0. The third kappa shape index (κ3) is 3.99. The van der Waals surface area contributed by atoms with Crippen molar-refractivity contribution in [3.63, 3.8) is 0 Å². The van der Waals surface area contributed by atoms with E-state index in [1.165, 1.54) is 0 Å². The lowest BCUT2D eigenvalue weighted by atomic mass is 9.98. The summed E-state index contributed by atoms with van der Waals surface area (Å²) < 4.78 is 40.3. The van der Waals surface area contributed by atoms with Crippen LogP contribution in [0.3, 0.4) is 0 Å². The summed E-state index contributed by atoms with van der Waals surface area (Å²) >= 11 is 5.92. The maximum absolute atomic E-state index is 13.9. The lowest BCUT2D eigenvalue weighted by molar-refractivity contribution is 0.467. The van der Waals surface area contributed by atoms with Gasteiger partial charge < -0.3 is 5.32 Å². The number of hydrogen-bond donors (Lipinski definition) is 1. The average molecular weight is 314 g/mol. The van der Waals surface area contributed by atoms with Crippen LogP contribution in [-0.4, -0.2) is 6.54 Å². The smallest absolute Gasteiger partial charge is 0.161 e. The first-order valence-corrected chi connectivity index (χ1v) is 7.01. The van der Waals surface area contributed by atoms with Crippen LogP contribution in [0.15, 0.2) is 36.4 Å². The van der Waals surface area contributed by atoms with Crippen molar-refractivity contribution in [2.45, 2.75) is 19.4 Å². The molecule has 0 saturated carbocycles. The first-order valence-electron chi connectivity index (χ1n) is 6.63. The van der Waals surface area contributed by atoms with E-state index < -0.39 is 23.5 Å². The second kappa shape index (κ2) is 6.96. The van der Waals surface area contributed by atoms with E-state index in [4.69, 9.17) is 11.6 Å². The molecule has 1 nitrogen and oxygen atoms in total. The molecule has 2 aromatic carbocycles. The minimum absolute atomic E-state index is 0.107. The van der Waals surface area contributed by atoms with E-state index in [1.54, 1.807) is 18.2 Å². The van der Waals surface area contributed by atoms with Crippen LogP contribution in [0.1, 0.15) is 24.1 Å².